The van der Waals surface area contributed by atoms with E-state index in [-0.39, 0.29) is 34.3 Å². The number of aromatic nitrogens is 2. The lowest BCUT2D eigenvalue weighted by Crippen LogP contribution is -2.34. The van der Waals surface area contributed by atoms with Crippen molar-refractivity contribution in [3.8, 4) is 17.2 Å². The van der Waals surface area contributed by atoms with E-state index in [2.05, 4.69) is 21.8 Å². The second-order valence-corrected chi connectivity index (χ2v) is 10.7. The van der Waals surface area contributed by atoms with Gasteiger partial charge in [0.25, 0.3) is 5.91 Å². The van der Waals surface area contributed by atoms with Crippen molar-refractivity contribution in [3.05, 3.63) is 99.8 Å². The van der Waals surface area contributed by atoms with E-state index >= 15 is 0 Å². The lowest BCUT2D eigenvalue weighted by molar-refractivity contribution is 0.0960. The topological polar surface area (TPSA) is 123 Å². The molecule has 9 nitrogen and oxygen atoms in total. The zero-order valence-corrected chi connectivity index (χ0v) is 22.9. The minimum absolute atomic E-state index is 0.104. The number of β-amino-alcohol motifs (C(OH)–C–C–N with tert-alkyl or cyclic N) is 1. The summed E-state index contributed by atoms with van der Waals surface area (Å²) in [4.78, 5) is 28.2. The molecule has 0 bridgehead atoms. The first kappa shape index (κ1) is 27.4. The van der Waals surface area contributed by atoms with Crippen molar-refractivity contribution < 1.29 is 23.5 Å². The van der Waals surface area contributed by atoms with Gasteiger partial charge in [-0.2, -0.15) is 10.4 Å². The van der Waals surface area contributed by atoms with Gasteiger partial charge < -0.3 is 15.7 Å². The molecule has 212 valence electrons. The molecule has 0 saturated carbocycles. The molecule has 3 heterocycles. The van der Waals surface area contributed by atoms with Gasteiger partial charge in [0.2, 0.25) is 0 Å². The Hall–Kier alpha value is -4.79. The number of aliphatic hydroxyl groups is 1. The number of urea groups is 1. The summed E-state index contributed by atoms with van der Waals surface area (Å²) in [7, 11) is 0. The smallest absolute Gasteiger partial charge is 0.326 e. The third-order valence-corrected chi connectivity index (χ3v) is 7.73. The molecular formula is C30H23ClF2N6O3. The van der Waals surface area contributed by atoms with E-state index in [1.807, 2.05) is 0 Å². The van der Waals surface area contributed by atoms with Crippen LogP contribution in [0.15, 0.2) is 60.9 Å². The number of hydrogen-bond acceptors (Lipinski definition) is 5. The molecule has 3 atom stereocenters. The number of halogens is 3. The standard InChI is InChI=1S/C30H23ClF2N6O3/c1-15(10-34)12-38-13-17(11-35-38)16-6-22-27(28(37-29(22)41)20-8-18(32)2-4-23(20)31)24(7-16)36-30(42)39-14-26(40)21-9-19(33)3-5-25(21)39/h2-9,11,13,15,26,28,40H,12,14H2,1H3,(H,36,42)(H,37,41)/t15-,26-,28-/m0/s1. The maximum atomic E-state index is 14.3. The molecule has 0 spiro atoms. The summed E-state index contributed by atoms with van der Waals surface area (Å²) >= 11 is 6.41. The number of nitriles is 1. The fraction of sp³-hybridized carbons (Fsp3) is 0.200. The van der Waals surface area contributed by atoms with Gasteiger partial charge in [0.05, 0.1) is 49.1 Å². The molecule has 12 heteroatoms. The van der Waals surface area contributed by atoms with Crippen LogP contribution in [0.4, 0.5) is 25.0 Å². The third-order valence-electron chi connectivity index (χ3n) is 7.39. The van der Waals surface area contributed by atoms with E-state index in [0.29, 0.717) is 34.5 Å². The molecule has 6 rings (SSSR count). The van der Waals surface area contributed by atoms with Gasteiger partial charge in [-0.25, -0.2) is 13.6 Å². The summed E-state index contributed by atoms with van der Waals surface area (Å²) in [6, 6.07) is 11.6. The fourth-order valence-corrected chi connectivity index (χ4v) is 5.62. The predicted molar refractivity (Wildman–Crippen MR) is 151 cm³/mol. The van der Waals surface area contributed by atoms with Gasteiger partial charge in [0.15, 0.2) is 0 Å². The van der Waals surface area contributed by atoms with Crippen LogP contribution in [-0.2, 0) is 6.54 Å². The Morgan fingerprint density at radius 2 is 1.93 bits per heavy atom. The summed E-state index contributed by atoms with van der Waals surface area (Å²) in [6.07, 6.45) is 2.24. The summed E-state index contributed by atoms with van der Waals surface area (Å²) in [5.41, 5.74) is 3.01. The second kappa shape index (κ2) is 10.6. The molecule has 2 aliphatic heterocycles. The number of anilines is 2. The summed E-state index contributed by atoms with van der Waals surface area (Å²) in [6.45, 7) is 2.03. The van der Waals surface area contributed by atoms with Crippen molar-refractivity contribution in [3.63, 3.8) is 0 Å². The van der Waals surface area contributed by atoms with Crippen LogP contribution in [0.2, 0.25) is 5.02 Å². The number of fused-ring (bicyclic) bond motifs is 2. The van der Waals surface area contributed by atoms with Crippen molar-refractivity contribution in [2.45, 2.75) is 25.6 Å². The van der Waals surface area contributed by atoms with Crippen molar-refractivity contribution in [1.82, 2.24) is 15.1 Å². The van der Waals surface area contributed by atoms with Crippen LogP contribution in [0.3, 0.4) is 0 Å². The van der Waals surface area contributed by atoms with Gasteiger partial charge in [0.1, 0.15) is 11.6 Å². The molecule has 0 aliphatic carbocycles. The fourth-order valence-electron chi connectivity index (χ4n) is 5.39. The van der Waals surface area contributed by atoms with Crippen LogP contribution in [0.1, 0.15) is 46.1 Å². The number of hydrogen-bond donors (Lipinski definition) is 3. The van der Waals surface area contributed by atoms with E-state index in [4.69, 9.17) is 16.9 Å². The largest absolute Gasteiger partial charge is 0.386 e. The molecule has 0 radical (unpaired) electrons. The van der Waals surface area contributed by atoms with Crippen LogP contribution < -0.4 is 15.5 Å². The molecule has 42 heavy (non-hydrogen) atoms. The van der Waals surface area contributed by atoms with Gasteiger partial charge >= 0.3 is 6.03 Å². The van der Waals surface area contributed by atoms with Gasteiger partial charge in [-0.3, -0.25) is 14.4 Å². The first-order chi connectivity index (χ1) is 20.1. The van der Waals surface area contributed by atoms with Crippen LogP contribution in [-0.4, -0.2) is 33.4 Å². The highest BCUT2D eigenvalue weighted by atomic mass is 35.5. The van der Waals surface area contributed by atoms with Crippen molar-refractivity contribution in [2.24, 2.45) is 5.92 Å². The number of carbonyl (C=O) groups is 2. The second-order valence-electron chi connectivity index (χ2n) is 10.3. The Kier molecular flexibility index (Phi) is 6.88. The first-order valence-corrected chi connectivity index (χ1v) is 13.4. The number of amides is 3. The molecule has 3 N–H and O–H groups in total. The van der Waals surface area contributed by atoms with Gasteiger partial charge in [-0.1, -0.05) is 11.6 Å². The number of nitrogens with one attached hydrogen (secondary N) is 2. The monoisotopic (exact) mass is 588 g/mol. The molecule has 3 amide bonds. The minimum atomic E-state index is -1.08. The maximum Gasteiger partial charge on any atom is 0.326 e. The maximum absolute atomic E-state index is 14.3. The number of nitrogens with zero attached hydrogens (tertiary/aromatic N) is 4. The summed E-state index contributed by atoms with van der Waals surface area (Å²) < 4.78 is 29.7. The highest BCUT2D eigenvalue weighted by molar-refractivity contribution is 6.31. The molecule has 3 aromatic carbocycles. The number of carbonyl (C=O) groups excluding carboxylic acids is 2. The van der Waals surface area contributed by atoms with Crippen molar-refractivity contribution in [2.75, 3.05) is 16.8 Å². The Labute approximate surface area is 243 Å². The number of rotatable bonds is 5. The first-order valence-electron chi connectivity index (χ1n) is 13.0. The van der Waals surface area contributed by atoms with Gasteiger partial charge in [-0.15, -0.1) is 0 Å². The molecule has 0 saturated heterocycles. The Balaban J connectivity index is 1.44. The SMILES string of the molecule is C[C@@H](C#N)Cn1cc(-c2cc(NC(=O)N3C[C@H](O)c4cc(F)ccc43)c3c(c2)C(=O)N[C@H]3c2cc(F)ccc2Cl)cn1. The zero-order chi connectivity index (χ0) is 29.7. The lowest BCUT2D eigenvalue weighted by atomic mass is 9.93. The summed E-state index contributed by atoms with van der Waals surface area (Å²) in [5.74, 6) is -1.81. The van der Waals surface area contributed by atoms with Crippen LogP contribution >= 0.6 is 11.6 Å². The molecule has 1 aromatic heterocycles. The number of benzene rings is 3. The van der Waals surface area contributed by atoms with E-state index in [0.717, 1.165) is 0 Å². The summed E-state index contributed by atoms with van der Waals surface area (Å²) in [5, 5.41) is 29.9. The highest BCUT2D eigenvalue weighted by Crippen LogP contribution is 2.42. The highest BCUT2D eigenvalue weighted by Gasteiger charge is 2.37. The Morgan fingerprint density at radius 3 is 2.69 bits per heavy atom. The molecular weight excluding hydrogens is 566 g/mol. The Morgan fingerprint density at radius 1 is 1.19 bits per heavy atom. The number of aliphatic hydroxyl groups excluding tert-OH is 1. The normalized spacial score (nSPS) is 17.8. The lowest BCUT2D eigenvalue weighted by Gasteiger charge is -2.22. The average Bonchev–Trinajstić information content (AvgIpc) is 3.66. The van der Waals surface area contributed by atoms with E-state index in [1.54, 1.807) is 36.1 Å². The Bertz CT molecular complexity index is 1800. The van der Waals surface area contributed by atoms with Gasteiger partial charge in [0, 0.05) is 44.7 Å². The minimum Gasteiger partial charge on any atom is -0.386 e. The average molecular weight is 589 g/mol. The van der Waals surface area contributed by atoms with E-state index in [1.165, 1.54) is 41.3 Å². The van der Waals surface area contributed by atoms with Crippen molar-refractivity contribution >= 4 is 34.9 Å². The van der Waals surface area contributed by atoms with Crippen LogP contribution in [0.5, 0.6) is 0 Å². The van der Waals surface area contributed by atoms with E-state index < -0.39 is 35.7 Å². The third kappa shape index (κ3) is 4.85. The predicted octanol–water partition coefficient (Wildman–Crippen LogP) is 5.56. The van der Waals surface area contributed by atoms with Crippen LogP contribution in [0.25, 0.3) is 11.1 Å². The van der Waals surface area contributed by atoms with E-state index in [9.17, 15) is 23.5 Å². The molecule has 2 aliphatic rings. The quantitative estimate of drug-likeness (QED) is 0.282. The molecule has 0 unspecified atom stereocenters. The molecule has 4 aromatic rings. The zero-order valence-electron chi connectivity index (χ0n) is 22.1. The molecule has 0 fully saturated rings. The van der Waals surface area contributed by atoms with Gasteiger partial charge in [-0.05, 0) is 61.0 Å². The van der Waals surface area contributed by atoms with Crippen LogP contribution in [0, 0.1) is 28.9 Å². The van der Waals surface area contributed by atoms with Crippen molar-refractivity contribution in [1.29, 1.82) is 5.26 Å².